The summed E-state index contributed by atoms with van der Waals surface area (Å²) in [6, 6.07) is 7.97. The molecule has 0 aliphatic carbocycles. The van der Waals surface area contributed by atoms with Crippen LogP contribution >= 0.6 is 0 Å². The van der Waals surface area contributed by atoms with Crippen LogP contribution in [0.15, 0.2) is 53.6 Å². The lowest BCUT2D eigenvalue weighted by Gasteiger charge is -2.16. The number of rotatable bonds is 6. The summed E-state index contributed by atoms with van der Waals surface area (Å²) in [6.45, 7) is 1.22. The minimum absolute atomic E-state index is 0.436. The second-order valence-electron chi connectivity index (χ2n) is 6.10. The number of fused-ring (bicyclic) bond motifs is 1. The Morgan fingerprint density at radius 2 is 2.00 bits per heavy atom. The minimum atomic E-state index is 0.436. The Morgan fingerprint density at radius 1 is 1.07 bits per heavy atom. The molecule has 0 radical (unpaired) electrons. The maximum Gasteiger partial charge on any atom is 0.241 e. The van der Waals surface area contributed by atoms with Crippen LogP contribution in [0, 0.1) is 0 Å². The van der Waals surface area contributed by atoms with Crippen LogP contribution < -0.4 is 4.74 Å². The van der Waals surface area contributed by atoms with Crippen molar-refractivity contribution in [3.05, 3.63) is 60.5 Å². The summed E-state index contributed by atoms with van der Waals surface area (Å²) in [6.07, 6.45) is 6.58. The van der Waals surface area contributed by atoms with Crippen LogP contribution in [0.3, 0.4) is 0 Å². The van der Waals surface area contributed by atoms with Gasteiger partial charge in [-0.05, 0) is 24.7 Å². The summed E-state index contributed by atoms with van der Waals surface area (Å²) in [5, 5.41) is 5.04. The second-order valence-corrected chi connectivity index (χ2v) is 6.10. The predicted octanol–water partition coefficient (Wildman–Crippen LogP) is 2.72. The summed E-state index contributed by atoms with van der Waals surface area (Å²) in [4.78, 5) is 19.1. The maximum atomic E-state index is 5.41. The van der Waals surface area contributed by atoms with Gasteiger partial charge >= 0.3 is 0 Å². The zero-order valence-electron chi connectivity index (χ0n) is 15.0. The number of aromatic nitrogens is 5. The third kappa shape index (κ3) is 3.61. The Morgan fingerprint density at radius 3 is 2.81 bits per heavy atom. The topological polar surface area (TPSA) is 90.1 Å². The summed E-state index contributed by atoms with van der Waals surface area (Å²) in [5.41, 5.74) is 2.59. The van der Waals surface area contributed by atoms with Gasteiger partial charge in [-0.2, -0.15) is 4.98 Å². The number of benzene rings is 1. The third-order valence-corrected chi connectivity index (χ3v) is 4.15. The van der Waals surface area contributed by atoms with Gasteiger partial charge in [-0.3, -0.25) is 14.9 Å². The molecule has 27 heavy (non-hydrogen) atoms. The summed E-state index contributed by atoms with van der Waals surface area (Å²) < 4.78 is 10.8. The predicted molar refractivity (Wildman–Crippen MR) is 98.8 cm³/mol. The van der Waals surface area contributed by atoms with Crippen LogP contribution in [0.5, 0.6) is 5.75 Å². The van der Waals surface area contributed by atoms with E-state index in [1.807, 2.05) is 25.2 Å². The fraction of sp³-hybridized carbons (Fsp3) is 0.211. The van der Waals surface area contributed by atoms with Crippen molar-refractivity contribution in [3.8, 4) is 17.3 Å². The van der Waals surface area contributed by atoms with Crippen LogP contribution in [0.1, 0.15) is 11.5 Å². The van der Waals surface area contributed by atoms with Gasteiger partial charge in [0.25, 0.3) is 0 Å². The van der Waals surface area contributed by atoms with E-state index < -0.39 is 0 Å². The van der Waals surface area contributed by atoms with Gasteiger partial charge in [0.15, 0.2) is 0 Å². The van der Waals surface area contributed by atoms with E-state index in [9.17, 15) is 0 Å². The average molecular weight is 362 g/mol. The number of hydrogen-bond acceptors (Lipinski definition) is 8. The smallest absolute Gasteiger partial charge is 0.241 e. The molecule has 0 fully saturated rings. The van der Waals surface area contributed by atoms with Gasteiger partial charge in [0, 0.05) is 30.5 Å². The SMILES string of the molecule is COc1ccc(CN(C)Cc2nc(-c3cnccn3)no2)c2cccnc12. The normalized spacial score (nSPS) is 11.2. The Hall–Kier alpha value is -3.39. The van der Waals surface area contributed by atoms with Crippen molar-refractivity contribution in [2.45, 2.75) is 13.1 Å². The Kier molecular flexibility index (Phi) is 4.71. The molecule has 8 nitrogen and oxygen atoms in total. The molecule has 0 spiro atoms. The first kappa shape index (κ1) is 17.0. The van der Waals surface area contributed by atoms with E-state index in [4.69, 9.17) is 9.26 Å². The van der Waals surface area contributed by atoms with Crippen LogP contribution in [0.25, 0.3) is 22.4 Å². The van der Waals surface area contributed by atoms with Gasteiger partial charge in [0.1, 0.15) is 17.0 Å². The third-order valence-electron chi connectivity index (χ3n) is 4.15. The molecule has 1 aromatic carbocycles. The lowest BCUT2D eigenvalue weighted by molar-refractivity contribution is 0.261. The molecular formula is C19H18N6O2. The lowest BCUT2D eigenvalue weighted by Crippen LogP contribution is -2.17. The number of nitrogens with zero attached hydrogens (tertiary/aromatic N) is 6. The Labute approximate surface area is 155 Å². The minimum Gasteiger partial charge on any atom is -0.494 e. The molecule has 0 bridgehead atoms. The van der Waals surface area contributed by atoms with Gasteiger partial charge in [-0.25, -0.2) is 4.98 Å². The van der Waals surface area contributed by atoms with E-state index in [1.54, 1.807) is 31.9 Å². The van der Waals surface area contributed by atoms with Gasteiger partial charge in [0.05, 0.1) is 19.9 Å². The molecule has 0 atom stereocenters. The van der Waals surface area contributed by atoms with Gasteiger partial charge in [0.2, 0.25) is 11.7 Å². The van der Waals surface area contributed by atoms with Gasteiger partial charge < -0.3 is 9.26 Å². The first-order chi connectivity index (χ1) is 13.2. The molecule has 8 heteroatoms. The van der Waals surface area contributed by atoms with E-state index in [0.29, 0.717) is 30.5 Å². The van der Waals surface area contributed by atoms with Crippen molar-refractivity contribution >= 4 is 10.9 Å². The van der Waals surface area contributed by atoms with E-state index in [-0.39, 0.29) is 0 Å². The molecule has 0 saturated heterocycles. The van der Waals surface area contributed by atoms with E-state index >= 15 is 0 Å². The van der Waals surface area contributed by atoms with Gasteiger partial charge in [-0.1, -0.05) is 17.3 Å². The van der Waals surface area contributed by atoms with E-state index in [1.165, 1.54) is 0 Å². The fourth-order valence-corrected chi connectivity index (χ4v) is 2.92. The molecule has 3 heterocycles. The standard InChI is InChI=1S/C19H18N6O2/c1-25(12-17-23-19(24-27-17)15-10-20-8-9-21-15)11-13-5-6-16(26-2)18-14(13)4-3-7-22-18/h3-10H,11-12H2,1-2H3. The molecule has 0 unspecified atom stereocenters. The molecular weight excluding hydrogens is 344 g/mol. The van der Waals surface area contributed by atoms with Crippen molar-refractivity contribution in [2.75, 3.05) is 14.2 Å². The monoisotopic (exact) mass is 362 g/mol. The number of ether oxygens (including phenoxy) is 1. The summed E-state index contributed by atoms with van der Waals surface area (Å²) >= 11 is 0. The quantitative estimate of drug-likeness (QED) is 0.517. The number of pyridine rings is 1. The van der Waals surface area contributed by atoms with E-state index in [0.717, 1.165) is 22.2 Å². The van der Waals surface area contributed by atoms with Crippen molar-refractivity contribution < 1.29 is 9.26 Å². The first-order valence-corrected chi connectivity index (χ1v) is 8.42. The van der Waals surface area contributed by atoms with Crippen molar-refractivity contribution in [3.63, 3.8) is 0 Å². The lowest BCUT2D eigenvalue weighted by atomic mass is 10.1. The molecule has 0 saturated carbocycles. The van der Waals surface area contributed by atoms with Crippen LogP contribution in [-0.4, -0.2) is 44.1 Å². The zero-order chi connectivity index (χ0) is 18.6. The highest BCUT2D eigenvalue weighted by Crippen LogP contribution is 2.27. The van der Waals surface area contributed by atoms with Crippen molar-refractivity contribution in [1.29, 1.82) is 0 Å². The van der Waals surface area contributed by atoms with Gasteiger partial charge in [-0.15, -0.1) is 0 Å². The molecule has 4 aromatic rings. The second kappa shape index (κ2) is 7.46. The highest BCUT2D eigenvalue weighted by atomic mass is 16.5. The van der Waals surface area contributed by atoms with Crippen LogP contribution in [0.4, 0.5) is 0 Å². The molecule has 0 aliphatic heterocycles. The zero-order valence-corrected chi connectivity index (χ0v) is 15.0. The largest absolute Gasteiger partial charge is 0.494 e. The molecule has 0 amide bonds. The highest BCUT2D eigenvalue weighted by Gasteiger charge is 2.14. The maximum absolute atomic E-state index is 5.41. The van der Waals surface area contributed by atoms with Crippen molar-refractivity contribution in [2.24, 2.45) is 0 Å². The summed E-state index contributed by atoms with van der Waals surface area (Å²) in [7, 11) is 3.65. The molecule has 3 aromatic heterocycles. The number of methoxy groups -OCH3 is 1. The van der Waals surface area contributed by atoms with Crippen molar-refractivity contribution in [1.82, 2.24) is 30.0 Å². The average Bonchev–Trinajstić information content (AvgIpc) is 3.17. The van der Waals surface area contributed by atoms with Crippen LogP contribution in [-0.2, 0) is 13.1 Å². The molecule has 4 rings (SSSR count). The first-order valence-electron chi connectivity index (χ1n) is 8.42. The molecule has 136 valence electrons. The summed E-state index contributed by atoms with van der Waals surface area (Å²) in [5.74, 6) is 1.72. The Bertz CT molecular complexity index is 1050. The van der Waals surface area contributed by atoms with E-state index in [2.05, 4.69) is 36.1 Å². The highest BCUT2D eigenvalue weighted by molar-refractivity contribution is 5.87. The Balaban J connectivity index is 1.51. The fourth-order valence-electron chi connectivity index (χ4n) is 2.92. The molecule has 0 aliphatic rings. The molecule has 0 N–H and O–H groups in total. The van der Waals surface area contributed by atoms with Crippen LogP contribution in [0.2, 0.25) is 0 Å². The number of hydrogen-bond donors (Lipinski definition) is 0.